The number of aryl methyl sites for hydroxylation is 2. The molecule has 1 N–H and O–H groups in total. The number of nitrogens with one attached hydrogen (secondary N) is 1. The monoisotopic (exact) mass is 480 g/mol. The number of aromatic nitrogens is 2. The fourth-order valence-electron chi connectivity index (χ4n) is 4.24. The molecule has 2 unspecified atom stereocenters. The summed E-state index contributed by atoms with van der Waals surface area (Å²) in [5.41, 5.74) is 4.82. The highest BCUT2D eigenvalue weighted by Crippen LogP contribution is 2.27. The van der Waals surface area contributed by atoms with Crippen molar-refractivity contribution >= 4 is 17.7 Å². The molecule has 1 fully saturated rings. The molecular weight excluding hydrogens is 448 g/mol. The zero-order valence-corrected chi connectivity index (χ0v) is 21.0. The van der Waals surface area contributed by atoms with Gasteiger partial charge in [-0.15, -0.1) is 11.8 Å². The molecule has 1 aliphatic rings. The number of pyridine rings is 1. The lowest BCUT2D eigenvalue weighted by molar-refractivity contribution is -0.0704. The number of rotatable bonds is 8. The number of carbonyl (C=O) groups excluding carboxylic acids is 1. The van der Waals surface area contributed by atoms with Crippen LogP contribution in [0.15, 0.2) is 52.1 Å². The van der Waals surface area contributed by atoms with Crippen LogP contribution in [0.1, 0.15) is 52.3 Å². The number of ether oxygens (including phenoxy) is 1. The molecule has 1 aliphatic heterocycles. The molecule has 3 heterocycles. The number of carbonyl (C=O) groups is 1. The van der Waals surface area contributed by atoms with E-state index in [1.54, 1.807) is 12.3 Å². The number of morpholine rings is 1. The Balaban J connectivity index is 1.32. The van der Waals surface area contributed by atoms with E-state index >= 15 is 0 Å². The van der Waals surface area contributed by atoms with Crippen LogP contribution in [-0.4, -0.2) is 46.2 Å². The van der Waals surface area contributed by atoms with Crippen LogP contribution in [0.2, 0.25) is 0 Å². The summed E-state index contributed by atoms with van der Waals surface area (Å²) in [4.78, 5) is 19.8. The quantitative estimate of drug-likeness (QED) is 0.475. The summed E-state index contributed by atoms with van der Waals surface area (Å²) in [7, 11) is 0. The van der Waals surface area contributed by atoms with Crippen LogP contribution in [0.25, 0.3) is 0 Å². The lowest BCUT2D eigenvalue weighted by Crippen LogP contribution is -2.44. The molecule has 7 nitrogen and oxygen atoms in total. The van der Waals surface area contributed by atoms with Gasteiger partial charge in [0.15, 0.2) is 0 Å². The lowest BCUT2D eigenvalue weighted by Gasteiger charge is -2.35. The van der Waals surface area contributed by atoms with Crippen molar-refractivity contribution in [2.75, 3.05) is 13.1 Å². The van der Waals surface area contributed by atoms with Gasteiger partial charge in [-0.3, -0.25) is 9.69 Å². The van der Waals surface area contributed by atoms with Gasteiger partial charge in [-0.2, -0.15) is 0 Å². The molecule has 1 saturated heterocycles. The number of hydrogen-bond donors (Lipinski definition) is 1. The third-order valence-corrected chi connectivity index (χ3v) is 6.96. The zero-order valence-electron chi connectivity index (χ0n) is 20.2. The molecule has 0 saturated carbocycles. The van der Waals surface area contributed by atoms with E-state index in [1.807, 2.05) is 19.9 Å². The third kappa shape index (κ3) is 6.25. The van der Waals surface area contributed by atoms with Gasteiger partial charge in [0, 0.05) is 43.7 Å². The van der Waals surface area contributed by atoms with Crippen molar-refractivity contribution in [3.05, 3.63) is 76.3 Å². The van der Waals surface area contributed by atoms with Gasteiger partial charge in [0.1, 0.15) is 10.8 Å². The third-order valence-electron chi connectivity index (χ3n) is 5.93. The summed E-state index contributed by atoms with van der Waals surface area (Å²) < 4.78 is 11.1. The van der Waals surface area contributed by atoms with E-state index in [2.05, 4.69) is 58.5 Å². The van der Waals surface area contributed by atoms with Crippen molar-refractivity contribution in [1.82, 2.24) is 20.4 Å². The van der Waals surface area contributed by atoms with Gasteiger partial charge in [-0.25, -0.2) is 4.98 Å². The molecule has 8 heteroatoms. The predicted molar refractivity (Wildman–Crippen MR) is 133 cm³/mol. The van der Waals surface area contributed by atoms with E-state index < -0.39 is 0 Å². The Hall–Kier alpha value is -2.68. The maximum Gasteiger partial charge on any atom is 0.254 e. The van der Waals surface area contributed by atoms with Crippen molar-refractivity contribution in [1.29, 1.82) is 0 Å². The fraction of sp³-hybridized carbons (Fsp3) is 0.423. The summed E-state index contributed by atoms with van der Waals surface area (Å²) in [6.45, 7) is 11.3. The van der Waals surface area contributed by atoms with Crippen LogP contribution in [0, 0.1) is 13.8 Å². The Morgan fingerprint density at radius 2 is 1.82 bits per heavy atom. The minimum Gasteiger partial charge on any atom is -0.373 e. The highest BCUT2D eigenvalue weighted by molar-refractivity contribution is 7.98. The number of thioether (sulfide) groups is 1. The zero-order chi connectivity index (χ0) is 24.1. The first kappa shape index (κ1) is 24.4. The second kappa shape index (κ2) is 11.2. The van der Waals surface area contributed by atoms with Crippen molar-refractivity contribution in [3.8, 4) is 0 Å². The van der Waals surface area contributed by atoms with Crippen LogP contribution >= 0.6 is 11.8 Å². The Morgan fingerprint density at radius 3 is 2.50 bits per heavy atom. The lowest BCUT2D eigenvalue weighted by atomic mass is 10.1. The van der Waals surface area contributed by atoms with Gasteiger partial charge in [0.2, 0.25) is 0 Å². The van der Waals surface area contributed by atoms with Crippen LogP contribution in [0.3, 0.4) is 0 Å². The van der Waals surface area contributed by atoms with Crippen LogP contribution < -0.4 is 5.32 Å². The topological polar surface area (TPSA) is 80.5 Å². The Kier molecular flexibility index (Phi) is 8.03. The minimum absolute atomic E-state index is 0.130. The van der Waals surface area contributed by atoms with Gasteiger partial charge in [-0.05, 0) is 51.0 Å². The van der Waals surface area contributed by atoms with Crippen molar-refractivity contribution in [2.24, 2.45) is 0 Å². The second-order valence-electron chi connectivity index (χ2n) is 8.90. The standard InChI is InChI=1S/C26H32N4O3S/c1-17-13-30(14-18(2)32-17)15-22-9-7-21(8-10-22)12-28-25(31)23-6-5-11-27-26(23)34-16-24-19(3)29-33-20(24)4/h5-11,17-18H,12-16H2,1-4H3,(H,28,31). The normalized spacial score (nSPS) is 18.7. The Morgan fingerprint density at radius 1 is 1.12 bits per heavy atom. The summed E-state index contributed by atoms with van der Waals surface area (Å²) in [5, 5.41) is 7.73. The van der Waals surface area contributed by atoms with E-state index in [0.29, 0.717) is 22.9 Å². The van der Waals surface area contributed by atoms with Crippen molar-refractivity contribution in [2.45, 2.75) is 63.8 Å². The highest BCUT2D eigenvalue weighted by Gasteiger charge is 2.22. The Bertz CT molecular complexity index is 1090. The maximum atomic E-state index is 12.9. The minimum atomic E-state index is -0.130. The second-order valence-corrected chi connectivity index (χ2v) is 9.86. The first-order valence-electron chi connectivity index (χ1n) is 11.6. The molecule has 4 rings (SSSR count). The van der Waals surface area contributed by atoms with Crippen molar-refractivity contribution < 1.29 is 14.1 Å². The summed E-state index contributed by atoms with van der Waals surface area (Å²) in [5.74, 6) is 1.32. The summed E-state index contributed by atoms with van der Waals surface area (Å²) in [6, 6.07) is 12.0. The van der Waals surface area contributed by atoms with Gasteiger partial charge < -0.3 is 14.6 Å². The van der Waals surface area contributed by atoms with Crippen molar-refractivity contribution in [3.63, 3.8) is 0 Å². The molecule has 2 atom stereocenters. The number of amides is 1. The van der Waals surface area contributed by atoms with E-state index in [9.17, 15) is 4.79 Å². The number of nitrogens with zero attached hydrogens (tertiary/aromatic N) is 3. The highest BCUT2D eigenvalue weighted by atomic mass is 32.2. The molecule has 0 bridgehead atoms. The SMILES string of the molecule is Cc1noc(C)c1CSc1ncccc1C(=O)NCc1ccc(CN2CC(C)OC(C)C2)cc1. The van der Waals surface area contributed by atoms with E-state index in [4.69, 9.17) is 9.26 Å². The van der Waals surface area contributed by atoms with Gasteiger partial charge >= 0.3 is 0 Å². The number of benzene rings is 1. The van der Waals surface area contributed by atoms with E-state index in [1.165, 1.54) is 17.3 Å². The smallest absolute Gasteiger partial charge is 0.254 e. The van der Waals surface area contributed by atoms with Crippen LogP contribution in [0.5, 0.6) is 0 Å². The summed E-state index contributed by atoms with van der Waals surface area (Å²) >= 11 is 1.52. The molecule has 0 aliphatic carbocycles. The molecule has 3 aromatic rings. The molecule has 0 radical (unpaired) electrons. The fourth-order valence-corrected chi connectivity index (χ4v) is 5.38. The summed E-state index contributed by atoms with van der Waals surface area (Å²) in [6.07, 6.45) is 2.23. The van der Waals surface area contributed by atoms with Crippen LogP contribution in [0.4, 0.5) is 0 Å². The van der Waals surface area contributed by atoms with Gasteiger partial charge in [-0.1, -0.05) is 29.4 Å². The molecule has 0 spiro atoms. The first-order chi connectivity index (χ1) is 16.4. The maximum absolute atomic E-state index is 12.9. The molecular formula is C26H32N4O3S. The largest absolute Gasteiger partial charge is 0.373 e. The average molecular weight is 481 g/mol. The first-order valence-corrected chi connectivity index (χ1v) is 12.6. The predicted octanol–water partition coefficient (Wildman–Crippen LogP) is 4.52. The molecule has 180 valence electrons. The van der Waals surface area contributed by atoms with Gasteiger partial charge in [0.05, 0.1) is 23.5 Å². The van der Waals surface area contributed by atoms with E-state index in [0.717, 1.165) is 42.2 Å². The molecule has 2 aromatic heterocycles. The molecule has 1 amide bonds. The number of hydrogen-bond acceptors (Lipinski definition) is 7. The molecule has 34 heavy (non-hydrogen) atoms. The Labute approximate surface area is 205 Å². The average Bonchev–Trinajstić information content (AvgIpc) is 3.13. The van der Waals surface area contributed by atoms with Crippen LogP contribution in [-0.2, 0) is 23.6 Å². The van der Waals surface area contributed by atoms with Gasteiger partial charge in [0.25, 0.3) is 5.91 Å². The van der Waals surface area contributed by atoms with E-state index in [-0.39, 0.29) is 18.1 Å². The molecule has 1 aromatic carbocycles.